The molecule has 2 aromatic rings. The molecule has 1 atom stereocenters. The maximum atomic E-state index is 4.65. The second-order valence-electron chi connectivity index (χ2n) is 7.22. The highest BCUT2D eigenvalue weighted by Gasteiger charge is 2.22. The van der Waals surface area contributed by atoms with Crippen molar-refractivity contribution in [1.82, 2.24) is 19.6 Å². The van der Waals surface area contributed by atoms with E-state index < -0.39 is 0 Å². The van der Waals surface area contributed by atoms with E-state index in [1.807, 2.05) is 6.20 Å². The van der Waals surface area contributed by atoms with Crippen LogP contribution in [0.25, 0.3) is 0 Å². The van der Waals surface area contributed by atoms with Crippen molar-refractivity contribution in [2.24, 2.45) is 5.92 Å². The van der Waals surface area contributed by atoms with Crippen molar-refractivity contribution in [1.29, 1.82) is 0 Å². The van der Waals surface area contributed by atoms with Crippen LogP contribution in [-0.2, 0) is 13.1 Å². The molecular weight excluding hydrogens is 272 g/mol. The molecule has 22 heavy (non-hydrogen) atoms. The van der Waals surface area contributed by atoms with Gasteiger partial charge in [-0.05, 0) is 55.1 Å². The highest BCUT2D eigenvalue weighted by molar-refractivity contribution is 5.19. The van der Waals surface area contributed by atoms with E-state index in [9.17, 15) is 0 Å². The van der Waals surface area contributed by atoms with Crippen LogP contribution in [0, 0.1) is 12.8 Å². The molecule has 0 amide bonds. The zero-order chi connectivity index (χ0) is 15.7. The van der Waals surface area contributed by atoms with Crippen molar-refractivity contribution in [3.63, 3.8) is 0 Å². The number of hydrogen-bond acceptors (Lipinski definition) is 2. The first-order chi connectivity index (χ1) is 10.5. The second-order valence-corrected chi connectivity index (χ2v) is 7.22. The summed E-state index contributed by atoms with van der Waals surface area (Å²) in [6.07, 6.45) is 10.3. The SMILES string of the molecule is Cc1nn(CCC(C)c2cnn(CC3CC3)c2)cc1C(C)C. The van der Waals surface area contributed by atoms with Crippen LogP contribution in [0.2, 0.25) is 0 Å². The molecule has 1 fully saturated rings. The van der Waals surface area contributed by atoms with Gasteiger partial charge in [0.2, 0.25) is 0 Å². The van der Waals surface area contributed by atoms with Gasteiger partial charge in [-0.1, -0.05) is 20.8 Å². The minimum absolute atomic E-state index is 0.528. The maximum Gasteiger partial charge on any atom is 0.0628 e. The summed E-state index contributed by atoms with van der Waals surface area (Å²) in [5, 5.41) is 9.15. The largest absolute Gasteiger partial charge is 0.272 e. The summed E-state index contributed by atoms with van der Waals surface area (Å²) >= 11 is 0. The molecule has 0 bridgehead atoms. The van der Waals surface area contributed by atoms with E-state index in [1.54, 1.807) is 0 Å². The minimum Gasteiger partial charge on any atom is -0.272 e. The van der Waals surface area contributed by atoms with Crippen LogP contribution in [-0.4, -0.2) is 19.6 Å². The molecule has 0 saturated heterocycles. The predicted octanol–water partition coefficient (Wildman–Crippen LogP) is 4.12. The van der Waals surface area contributed by atoms with Gasteiger partial charge < -0.3 is 0 Å². The summed E-state index contributed by atoms with van der Waals surface area (Å²) in [5.74, 6) is 1.95. The highest BCUT2D eigenvalue weighted by atomic mass is 15.3. The Labute approximate surface area is 133 Å². The van der Waals surface area contributed by atoms with Gasteiger partial charge in [0.1, 0.15) is 0 Å². The Kier molecular flexibility index (Phi) is 4.37. The van der Waals surface area contributed by atoms with E-state index >= 15 is 0 Å². The first-order valence-corrected chi connectivity index (χ1v) is 8.59. The molecule has 4 nitrogen and oxygen atoms in total. The lowest BCUT2D eigenvalue weighted by Gasteiger charge is -2.09. The standard InChI is InChI=1S/C18H28N4/c1-13(2)18-12-21(20-15(18)4)8-7-14(3)17-9-19-22(11-17)10-16-5-6-16/h9,11-14,16H,5-8,10H2,1-4H3. The Morgan fingerprint density at radius 2 is 1.95 bits per heavy atom. The smallest absolute Gasteiger partial charge is 0.0628 e. The molecule has 4 heteroatoms. The van der Waals surface area contributed by atoms with Crippen LogP contribution in [0.1, 0.15) is 68.7 Å². The molecular formula is C18H28N4. The Morgan fingerprint density at radius 3 is 2.59 bits per heavy atom. The fourth-order valence-corrected chi connectivity index (χ4v) is 3.01. The molecule has 1 saturated carbocycles. The Bertz CT molecular complexity index is 619. The lowest BCUT2D eigenvalue weighted by molar-refractivity contribution is 0.528. The molecule has 0 radical (unpaired) electrons. The van der Waals surface area contributed by atoms with Crippen LogP contribution in [0.3, 0.4) is 0 Å². The van der Waals surface area contributed by atoms with Gasteiger partial charge in [-0.3, -0.25) is 9.36 Å². The van der Waals surface area contributed by atoms with Gasteiger partial charge in [0, 0.05) is 25.5 Å². The quantitative estimate of drug-likeness (QED) is 0.771. The van der Waals surface area contributed by atoms with E-state index in [0.29, 0.717) is 11.8 Å². The van der Waals surface area contributed by atoms with Crippen molar-refractivity contribution < 1.29 is 0 Å². The van der Waals surface area contributed by atoms with E-state index in [0.717, 1.165) is 25.4 Å². The van der Waals surface area contributed by atoms with Gasteiger partial charge in [0.15, 0.2) is 0 Å². The van der Waals surface area contributed by atoms with Crippen molar-refractivity contribution in [2.75, 3.05) is 0 Å². The normalized spacial score (nSPS) is 16.4. The van der Waals surface area contributed by atoms with Gasteiger partial charge in [-0.15, -0.1) is 0 Å². The van der Waals surface area contributed by atoms with Gasteiger partial charge in [0.05, 0.1) is 11.9 Å². The average Bonchev–Trinajstić information content (AvgIpc) is 3.01. The van der Waals surface area contributed by atoms with E-state index in [4.69, 9.17) is 0 Å². The number of hydrogen-bond donors (Lipinski definition) is 0. The zero-order valence-corrected chi connectivity index (χ0v) is 14.3. The molecule has 2 heterocycles. The topological polar surface area (TPSA) is 35.6 Å². The number of aromatic nitrogens is 4. The van der Waals surface area contributed by atoms with Crippen molar-refractivity contribution in [2.45, 2.75) is 71.9 Å². The van der Waals surface area contributed by atoms with E-state index in [-0.39, 0.29) is 0 Å². The lowest BCUT2D eigenvalue weighted by Crippen LogP contribution is -2.03. The summed E-state index contributed by atoms with van der Waals surface area (Å²) in [7, 11) is 0. The molecule has 0 aromatic carbocycles. The molecule has 0 spiro atoms. The zero-order valence-electron chi connectivity index (χ0n) is 14.3. The second kappa shape index (κ2) is 6.27. The average molecular weight is 300 g/mol. The molecule has 1 unspecified atom stereocenters. The number of nitrogens with zero attached hydrogens (tertiary/aromatic N) is 4. The third kappa shape index (κ3) is 3.60. The summed E-state index contributed by atoms with van der Waals surface area (Å²) in [6, 6.07) is 0. The first kappa shape index (κ1) is 15.3. The molecule has 1 aliphatic carbocycles. The lowest BCUT2D eigenvalue weighted by atomic mass is 10.0. The minimum atomic E-state index is 0.528. The number of aryl methyl sites for hydroxylation is 2. The van der Waals surface area contributed by atoms with Crippen molar-refractivity contribution in [3.05, 3.63) is 35.4 Å². The third-order valence-corrected chi connectivity index (χ3v) is 4.76. The van der Waals surface area contributed by atoms with Crippen LogP contribution in [0.15, 0.2) is 18.6 Å². The molecule has 0 N–H and O–H groups in total. The van der Waals surface area contributed by atoms with E-state index in [2.05, 4.69) is 59.6 Å². The number of rotatable bonds is 7. The van der Waals surface area contributed by atoms with E-state index in [1.165, 1.54) is 29.7 Å². The van der Waals surface area contributed by atoms with Crippen LogP contribution < -0.4 is 0 Å². The Balaban J connectivity index is 1.56. The van der Waals surface area contributed by atoms with Gasteiger partial charge in [-0.25, -0.2) is 0 Å². The fourth-order valence-electron chi connectivity index (χ4n) is 3.01. The van der Waals surface area contributed by atoms with Crippen LogP contribution in [0.5, 0.6) is 0 Å². The molecule has 1 aliphatic rings. The predicted molar refractivity (Wildman–Crippen MR) is 89.0 cm³/mol. The van der Waals surface area contributed by atoms with Gasteiger partial charge in [-0.2, -0.15) is 10.2 Å². The fraction of sp³-hybridized carbons (Fsp3) is 0.667. The van der Waals surface area contributed by atoms with Crippen LogP contribution >= 0.6 is 0 Å². The Hall–Kier alpha value is -1.58. The summed E-state index contributed by atoms with van der Waals surface area (Å²) in [4.78, 5) is 0. The maximum absolute atomic E-state index is 4.65. The summed E-state index contributed by atoms with van der Waals surface area (Å²) < 4.78 is 4.23. The first-order valence-electron chi connectivity index (χ1n) is 8.59. The highest BCUT2D eigenvalue weighted by Crippen LogP contribution is 2.30. The van der Waals surface area contributed by atoms with Crippen molar-refractivity contribution in [3.8, 4) is 0 Å². The molecule has 2 aromatic heterocycles. The monoisotopic (exact) mass is 300 g/mol. The summed E-state index contributed by atoms with van der Waals surface area (Å²) in [5.41, 5.74) is 3.89. The molecule has 0 aliphatic heterocycles. The van der Waals surface area contributed by atoms with Crippen molar-refractivity contribution >= 4 is 0 Å². The molecule has 3 rings (SSSR count). The summed E-state index contributed by atoms with van der Waals surface area (Å²) in [6.45, 7) is 10.9. The van der Waals surface area contributed by atoms with Crippen LogP contribution in [0.4, 0.5) is 0 Å². The molecule has 120 valence electrons. The third-order valence-electron chi connectivity index (χ3n) is 4.76. The van der Waals surface area contributed by atoms with Gasteiger partial charge in [0.25, 0.3) is 0 Å². The van der Waals surface area contributed by atoms with Gasteiger partial charge >= 0.3 is 0 Å². The Morgan fingerprint density at radius 1 is 1.18 bits per heavy atom.